The Morgan fingerprint density at radius 1 is 1.75 bits per heavy atom. The summed E-state index contributed by atoms with van der Waals surface area (Å²) >= 11 is 0. The Morgan fingerprint density at radius 2 is 1.75 bits per heavy atom. The van der Waals surface area contributed by atoms with E-state index in [1.54, 1.807) is 0 Å². The van der Waals surface area contributed by atoms with Crippen LogP contribution in [-0.4, -0.2) is 14.0 Å². The van der Waals surface area contributed by atoms with Crippen LogP contribution in [0, 0.1) is 39.9 Å². The molecule has 0 aliphatic heterocycles. The first-order valence-electron chi connectivity index (χ1n) is 0.493. The van der Waals surface area contributed by atoms with Crippen LogP contribution in [0.5, 0.6) is 0 Å². The van der Waals surface area contributed by atoms with Gasteiger partial charge >= 0.3 is 0 Å². The average molecular weight is 196 g/mol. The van der Waals surface area contributed by atoms with E-state index in [1.165, 1.54) is 0 Å². The van der Waals surface area contributed by atoms with Gasteiger partial charge in [0.15, 0.2) is 0 Å². The first-order chi connectivity index (χ1) is 1.41. The molecule has 3 heteroatoms. The fourth-order valence-corrected chi connectivity index (χ4v) is 0. The van der Waals surface area contributed by atoms with Crippen LogP contribution in [0.1, 0.15) is 0 Å². The Morgan fingerprint density at radius 3 is 1.75 bits per heavy atom. The number of carbonyl (C=O) groups excluding carboxylic acids is 1. The van der Waals surface area contributed by atoms with Crippen molar-refractivity contribution < 1.29 is 44.7 Å². The van der Waals surface area contributed by atoms with Crippen LogP contribution in [-0.2, 0) is 4.79 Å². The summed E-state index contributed by atoms with van der Waals surface area (Å²) in [6.45, 7) is 0. The average Bonchev–Trinajstić information content (AvgIpc) is 0.918. The molecule has 0 aliphatic carbocycles. The minimum absolute atomic E-state index is 0. The van der Waals surface area contributed by atoms with E-state index in [0.717, 1.165) is 6.19 Å². The second-order valence-electron chi connectivity index (χ2n) is 0.118. The van der Waals surface area contributed by atoms with Crippen molar-refractivity contribution in [3.63, 3.8) is 0 Å². The van der Waals surface area contributed by atoms with Gasteiger partial charge in [-0.05, 0) is 0 Å². The monoisotopic (exact) mass is 197 g/mol. The van der Waals surface area contributed by atoms with Crippen molar-refractivity contribution in [2.45, 2.75) is 0 Å². The van der Waals surface area contributed by atoms with Gasteiger partial charge in [0.25, 0.3) is 0 Å². The minimum atomic E-state index is 0. The maximum atomic E-state index is 8.46. The largest absolute Gasteiger partial charge is 0.549 e. The molecule has 0 aliphatic rings. The minimum Gasteiger partial charge on any atom is -0.549 e. The van der Waals surface area contributed by atoms with Crippen LogP contribution in [0.15, 0.2) is 0 Å². The molecule has 0 bridgehead atoms. The van der Waals surface area contributed by atoms with E-state index in [4.69, 9.17) is 4.79 Å². The van der Waals surface area contributed by atoms with Crippen LogP contribution < -0.4 is 0 Å². The zero-order chi connectivity index (χ0) is 2.71. The predicted molar refractivity (Wildman–Crippen MR) is 11.4 cm³/mol. The molecule has 0 amide bonds. The molecule has 0 heterocycles. The summed E-state index contributed by atoms with van der Waals surface area (Å²) in [5.74, 6) is 0. The van der Waals surface area contributed by atoms with Gasteiger partial charge in [0.05, 0.1) is 0 Å². The molecule has 0 atom stereocenters. The zero-order valence-electron chi connectivity index (χ0n) is 1.84. The number of hydrogen-bond donors (Lipinski definition) is 0. The second-order valence-corrected chi connectivity index (χ2v) is 0.118. The Bertz CT molecular complexity index is 15.5. The maximum absolute atomic E-state index is 8.46. The quantitative estimate of drug-likeness (QED) is 0.367. The van der Waals surface area contributed by atoms with Crippen molar-refractivity contribution >= 4 is 14.0 Å². The summed E-state index contributed by atoms with van der Waals surface area (Å²) in [6, 6.07) is 0. The first kappa shape index (κ1) is 8.91. The van der Waals surface area contributed by atoms with Gasteiger partial charge in [-0.15, -0.1) is 7.85 Å². The molecular formula is CBGdO-. The number of rotatable bonds is 0. The van der Waals surface area contributed by atoms with E-state index < -0.39 is 0 Å². The summed E-state index contributed by atoms with van der Waals surface area (Å²) in [7, 11) is 4.04. The van der Waals surface area contributed by atoms with Gasteiger partial charge in [-0.2, -0.15) is 0 Å². The Kier molecular flexibility index (Phi) is 19.9. The van der Waals surface area contributed by atoms with Crippen LogP contribution in [0.3, 0.4) is 0 Å². The van der Waals surface area contributed by atoms with Gasteiger partial charge in [0.1, 0.15) is 0 Å². The molecule has 0 fully saturated rings. The molecule has 1 nitrogen and oxygen atoms in total. The molecule has 0 saturated heterocycles. The standard InChI is InChI=1S/CBO.Gd/c2-1-3;/q-1;. The molecule has 2 radical (unpaired) electrons. The fourth-order valence-electron chi connectivity index (χ4n) is 0. The summed E-state index contributed by atoms with van der Waals surface area (Å²) < 4.78 is 0. The van der Waals surface area contributed by atoms with Crippen molar-refractivity contribution in [3.05, 3.63) is 0 Å². The third kappa shape index (κ3) is 11.6. The van der Waals surface area contributed by atoms with Crippen molar-refractivity contribution in [1.29, 1.82) is 0 Å². The van der Waals surface area contributed by atoms with Crippen LogP contribution in [0.4, 0.5) is 0 Å². The molecule has 0 aromatic heterocycles. The van der Waals surface area contributed by atoms with Crippen molar-refractivity contribution in [2.24, 2.45) is 0 Å². The normalized spacial score (nSPS) is 3.00. The predicted octanol–water partition coefficient (Wildman–Crippen LogP) is -0.778. The maximum Gasteiger partial charge on any atom is 0 e. The summed E-state index contributed by atoms with van der Waals surface area (Å²) in [5.41, 5.74) is 0. The van der Waals surface area contributed by atoms with Crippen LogP contribution in [0.2, 0.25) is 0 Å². The van der Waals surface area contributed by atoms with Crippen LogP contribution in [0.25, 0.3) is 0 Å². The van der Waals surface area contributed by atoms with Crippen molar-refractivity contribution in [2.75, 3.05) is 0 Å². The first-order valence-corrected chi connectivity index (χ1v) is 0.493. The van der Waals surface area contributed by atoms with Gasteiger partial charge in [0, 0.05) is 39.9 Å². The molecular weight excluding hydrogens is 196 g/mol. The van der Waals surface area contributed by atoms with E-state index in [1.807, 2.05) is 0 Å². The van der Waals surface area contributed by atoms with E-state index in [9.17, 15) is 0 Å². The van der Waals surface area contributed by atoms with Gasteiger partial charge < -0.3 is 11.0 Å². The van der Waals surface area contributed by atoms with Gasteiger partial charge in [0.2, 0.25) is 0 Å². The zero-order valence-corrected chi connectivity index (χ0v) is 4.11. The molecule has 0 aromatic carbocycles. The van der Waals surface area contributed by atoms with E-state index in [2.05, 4.69) is 7.85 Å². The molecule has 0 saturated carbocycles. The SMILES string of the molecule is [B][C-]=O.[Gd]. The van der Waals surface area contributed by atoms with Crippen molar-refractivity contribution in [1.82, 2.24) is 0 Å². The van der Waals surface area contributed by atoms with E-state index in [0.29, 0.717) is 0 Å². The third-order valence-corrected chi connectivity index (χ3v) is 0. The molecule has 22 valence electrons. The van der Waals surface area contributed by atoms with E-state index in [-0.39, 0.29) is 39.9 Å². The summed E-state index contributed by atoms with van der Waals surface area (Å²) in [4.78, 5) is 8.46. The Labute approximate surface area is 58.2 Å². The molecule has 0 unspecified atom stereocenters. The number of hydrogen-bond acceptors (Lipinski definition) is 1. The summed E-state index contributed by atoms with van der Waals surface area (Å²) in [5, 5.41) is 0. The van der Waals surface area contributed by atoms with Gasteiger partial charge in [-0.25, -0.2) is 0 Å². The van der Waals surface area contributed by atoms with Crippen molar-refractivity contribution in [3.8, 4) is 0 Å². The molecule has 0 rings (SSSR count). The van der Waals surface area contributed by atoms with Crippen LogP contribution >= 0.6 is 0 Å². The second kappa shape index (κ2) is 8.96. The third-order valence-electron chi connectivity index (χ3n) is 0. The Hall–Kier alpha value is 1.06. The molecule has 0 aromatic rings. The van der Waals surface area contributed by atoms with E-state index >= 15 is 0 Å². The molecule has 0 N–H and O–H groups in total. The summed E-state index contributed by atoms with van der Waals surface area (Å²) in [6.07, 6.45) is 1.00. The fraction of sp³-hybridized carbons (Fsp3) is 0. The van der Waals surface area contributed by atoms with Gasteiger partial charge in [-0.1, -0.05) is 0 Å². The molecule has 0 spiro atoms. The topological polar surface area (TPSA) is 17.1 Å². The molecule has 4 heavy (non-hydrogen) atoms. The smallest absolute Gasteiger partial charge is 0 e. The van der Waals surface area contributed by atoms with Gasteiger partial charge in [-0.3, -0.25) is 0 Å². The Balaban J connectivity index is 0.